The predicted molar refractivity (Wildman–Crippen MR) is 43.1 cm³/mol. The number of hydrogen-bond acceptors (Lipinski definition) is 2. The Morgan fingerprint density at radius 3 is 2.91 bits per heavy atom. The summed E-state index contributed by atoms with van der Waals surface area (Å²) in [6.45, 7) is 3.67. The van der Waals surface area contributed by atoms with Crippen LogP contribution in [0, 0.1) is 0 Å². The quantitative estimate of drug-likeness (QED) is 0.564. The lowest BCUT2D eigenvalue weighted by atomic mass is 10.1. The molecule has 0 bridgehead atoms. The second-order valence-electron chi connectivity index (χ2n) is 2.57. The average Bonchev–Trinajstić information content (AvgIpc) is 2.53. The van der Waals surface area contributed by atoms with Crippen molar-refractivity contribution in [1.82, 2.24) is 0 Å². The minimum absolute atomic E-state index is 0.0949. The molecule has 1 atom stereocenters. The third-order valence-electron chi connectivity index (χ3n) is 1.80. The SMILES string of the molecule is CC=C(C)C(=O)C1CC=CO1. The van der Waals surface area contributed by atoms with Crippen molar-refractivity contribution in [3.8, 4) is 0 Å². The third kappa shape index (κ3) is 1.70. The number of ether oxygens (including phenoxy) is 1. The van der Waals surface area contributed by atoms with E-state index in [1.165, 1.54) is 0 Å². The highest BCUT2D eigenvalue weighted by Crippen LogP contribution is 2.13. The molecule has 1 rings (SSSR count). The molecular formula is C9H12O2. The van der Waals surface area contributed by atoms with E-state index in [9.17, 15) is 4.79 Å². The molecule has 0 saturated heterocycles. The van der Waals surface area contributed by atoms with Crippen LogP contribution in [0.25, 0.3) is 0 Å². The number of hydrogen-bond donors (Lipinski definition) is 0. The normalized spacial score (nSPS) is 23.5. The molecule has 0 aromatic rings. The van der Waals surface area contributed by atoms with Crippen molar-refractivity contribution in [3.63, 3.8) is 0 Å². The minimum Gasteiger partial charge on any atom is -0.490 e. The van der Waals surface area contributed by atoms with Gasteiger partial charge in [-0.05, 0) is 25.5 Å². The van der Waals surface area contributed by atoms with Crippen LogP contribution < -0.4 is 0 Å². The Morgan fingerprint density at radius 2 is 2.45 bits per heavy atom. The molecule has 0 aromatic heterocycles. The molecule has 0 amide bonds. The van der Waals surface area contributed by atoms with Gasteiger partial charge in [-0.1, -0.05) is 6.08 Å². The minimum atomic E-state index is -0.258. The zero-order valence-electron chi connectivity index (χ0n) is 6.83. The highest BCUT2D eigenvalue weighted by molar-refractivity contribution is 5.98. The predicted octanol–water partition coefficient (Wildman–Crippen LogP) is 1.82. The van der Waals surface area contributed by atoms with Gasteiger partial charge in [-0.2, -0.15) is 0 Å². The summed E-state index contributed by atoms with van der Waals surface area (Å²) >= 11 is 0. The van der Waals surface area contributed by atoms with Crippen molar-refractivity contribution in [2.45, 2.75) is 26.4 Å². The van der Waals surface area contributed by atoms with Gasteiger partial charge in [0, 0.05) is 6.42 Å². The van der Waals surface area contributed by atoms with E-state index in [1.807, 2.05) is 26.0 Å². The van der Waals surface area contributed by atoms with E-state index in [4.69, 9.17) is 4.74 Å². The van der Waals surface area contributed by atoms with Gasteiger partial charge < -0.3 is 4.74 Å². The first kappa shape index (κ1) is 8.05. The standard InChI is InChI=1S/C9H12O2/c1-3-7(2)9(10)8-5-4-6-11-8/h3-4,6,8H,5H2,1-2H3. The van der Waals surface area contributed by atoms with Crippen molar-refractivity contribution in [2.75, 3.05) is 0 Å². The average molecular weight is 152 g/mol. The summed E-state index contributed by atoms with van der Waals surface area (Å²) < 4.78 is 5.07. The van der Waals surface area contributed by atoms with Crippen molar-refractivity contribution < 1.29 is 9.53 Å². The summed E-state index contributed by atoms with van der Waals surface area (Å²) in [4.78, 5) is 11.3. The second-order valence-corrected chi connectivity index (χ2v) is 2.57. The fraction of sp³-hybridized carbons (Fsp3) is 0.444. The summed E-state index contributed by atoms with van der Waals surface area (Å²) in [5.41, 5.74) is 0.777. The monoisotopic (exact) mass is 152 g/mol. The highest BCUT2D eigenvalue weighted by atomic mass is 16.5. The third-order valence-corrected chi connectivity index (χ3v) is 1.80. The van der Waals surface area contributed by atoms with Crippen LogP contribution in [0.5, 0.6) is 0 Å². The van der Waals surface area contributed by atoms with Gasteiger partial charge in [0.2, 0.25) is 0 Å². The van der Waals surface area contributed by atoms with Crippen LogP contribution in [0.1, 0.15) is 20.3 Å². The Balaban J connectivity index is 2.55. The lowest BCUT2D eigenvalue weighted by Crippen LogP contribution is -2.19. The van der Waals surface area contributed by atoms with Crippen molar-refractivity contribution >= 4 is 5.78 Å². The highest BCUT2D eigenvalue weighted by Gasteiger charge is 2.21. The molecular weight excluding hydrogens is 140 g/mol. The zero-order chi connectivity index (χ0) is 8.27. The number of ketones is 1. The van der Waals surface area contributed by atoms with Crippen LogP contribution in [0.2, 0.25) is 0 Å². The number of carbonyl (C=O) groups excluding carboxylic acids is 1. The smallest absolute Gasteiger partial charge is 0.198 e. The van der Waals surface area contributed by atoms with Crippen LogP contribution in [0.3, 0.4) is 0 Å². The Labute approximate surface area is 66.5 Å². The van der Waals surface area contributed by atoms with Crippen LogP contribution in [-0.2, 0) is 9.53 Å². The fourth-order valence-electron chi connectivity index (χ4n) is 0.950. The van der Waals surface area contributed by atoms with Crippen molar-refractivity contribution in [3.05, 3.63) is 24.0 Å². The molecule has 11 heavy (non-hydrogen) atoms. The first-order valence-corrected chi connectivity index (χ1v) is 3.73. The summed E-state index contributed by atoms with van der Waals surface area (Å²) in [6, 6.07) is 0. The zero-order valence-corrected chi connectivity index (χ0v) is 6.83. The first-order chi connectivity index (χ1) is 5.25. The fourth-order valence-corrected chi connectivity index (χ4v) is 0.950. The Bertz CT molecular complexity index is 206. The van der Waals surface area contributed by atoms with Gasteiger partial charge in [0.15, 0.2) is 11.9 Å². The maximum atomic E-state index is 11.3. The van der Waals surface area contributed by atoms with Gasteiger partial charge >= 0.3 is 0 Å². The Hall–Kier alpha value is -1.05. The molecule has 0 aromatic carbocycles. The van der Waals surface area contributed by atoms with Gasteiger partial charge in [0.1, 0.15) is 0 Å². The number of Topliss-reactive ketones (excluding diaryl/α,β-unsaturated/α-hetero) is 1. The van der Waals surface area contributed by atoms with Gasteiger partial charge in [0.25, 0.3) is 0 Å². The van der Waals surface area contributed by atoms with Gasteiger partial charge in [-0.15, -0.1) is 0 Å². The molecule has 1 unspecified atom stereocenters. The Morgan fingerprint density at radius 1 is 1.73 bits per heavy atom. The maximum absolute atomic E-state index is 11.3. The lowest BCUT2D eigenvalue weighted by Gasteiger charge is -2.07. The molecule has 1 heterocycles. The molecule has 0 spiro atoms. The molecule has 1 aliphatic heterocycles. The summed E-state index contributed by atoms with van der Waals surface area (Å²) in [5.74, 6) is 0.0949. The second kappa shape index (κ2) is 3.37. The van der Waals surface area contributed by atoms with Crippen LogP contribution in [-0.4, -0.2) is 11.9 Å². The van der Waals surface area contributed by atoms with E-state index in [0.29, 0.717) is 6.42 Å². The summed E-state index contributed by atoms with van der Waals surface area (Å²) in [7, 11) is 0. The summed E-state index contributed by atoms with van der Waals surface area (Å²) in [5, 5.41) is 0. The van der Waals surface area contributed by atoms with Crippen LogP contribution in [0.4, 0.5) is 0 Å². The largest absolute Gasteiger partial charge is 0.490 e. The Kier molecular flexibility index (Phi) is 2.47. The van der Waals surface area contributed by atoms with Crippen molar-refractivity contribution in [2.24, 2.45) is 0 Å². The van der Waals surface area contributed by atoms with E-state index in [0.717, 1.165) is 5.57 Å². The first-order valence-electron chi connectivity index (χ1n) is 3.73. The summed E-state index contributed by atoms with van der Waals surface area (Å²) in [6.07, 6.45) is 5.72. The number of rotatable bonds is 2. The van der Waals surface area contributed by atoms with E-state index in [2.05, 4.69) is 0 Å². The molecule has 0 saturated carbocycles. The van der Waals surface area contributed by atoms with Gasteiger partial charge in [-0.3, -0.25) is 4.79 Å². The van der Waals surface area contributed by atoms with Gasteiger partial charge in [-0.25, -0.2) is 0 Å². The molecule has 2 heteroatoms. The van der Waals surface area contributed by atoms with Crippen LogP contribution in [0.15, 0.2) is 24.0 Å². The van der Waals surface area contributed by atoms with E-state index in [1.54, 1.807) is 6.26 Å². The van der Waals surface area contributed by atoms with Crippen LogP contribution >= 0.6 is 0 Å². The molecule has 0 N–H and O–H groups in total. The topological polar surface area (TPSA) is 26.3 Å². The molecule has 0 fully saturated rings. The van der Waals surface area contributed by atoms with Crippen molar-refractivity contribution in [1.29, 1.82) is 0 Å². The number of allylic oxidation sites excluding steroid dienone is 1. The molecule has 2 nitrogen and oxygen atoms in total. The number of carbonyl (C=O) groups is 1. The molecule has 0 radical (unpaired) electrons. The van der Waals surface area contributed by atoms with E-state index < -0.39 is 0 Å². The molecule has 0 aliphatic carbocycles. The molecule has 1 aliphatic rings. The maximum Gasteiger partial charge on any atom is 0.198 e. The molecule has 60 valence electrons. The van der Waals surface area contributed by atoms with Gasteiger partial charge in [0.05, 0.1) is 6.26 Å². The van der Waals surface area contributed by atoms with E-state index >= 15 is 0 Å². The lowest BCUT2D eigenvalue weighted by molar-refractivity contribution is -0.122. The van der Waals surface area contributed by atoms with E-state index in [-0.39, 0.29) is 11.9 Å².